The number of hydrogen-bond donors (Lipinski definition) is 0. The lowest BCUT2D eigenvalue weighted by molar-refractivity contribution is -0.0440. The van der Waals surface area contributed by atoms with Crippen LogP contribution in [0.2, 0.25) is 10.0 Å². The van der Waals surface area contributed by atoms with E-state index in [1.807, 2.05) is 12.1 Å². The molecule has 70 valence electrons. The molecule has 1 aromatic rings. The number of halogens is 2. The Hall–Kier alpha value is -0.280. The lowest BCUT2D eigenvalue weighted by atomic mass is 10.2. The van der Waals surface area contributed by atoms with Crippen molar-refractivity contribution < 1.29 is 9.47 Å². The fraction of sp³-hybridized carbons (Fsp3) is 0.333. The van der Waals surface area contributed by atoms with Gasteiger partial charge in [-0.15, -0.1) is 0 Å². The van der Waals surface area contributed by atoms with Crippen molar-refractivity contribution in [2.75, 3.05) is 13.2 Å². The zero-order valence-corrected chi connectivity index (χ0v) is 8.31. The highest BCUT2D eigenvalue weighted by atomic mass is 35.5. The van der Waals surface area contributed by atoms with Crippen LogP contribution in [0.5, 0.6) is 0 Å². The van der Waals surface area contributed by atoms with Gasteiger partial charge in [0.1, 0.15) is 0 Å². The molecule has 13 heavy (non-hydrogen) atoms. The minimum Gasteiger partial charge on any atom is -0.346 e. The van der Waals surface area contributed by atoms with E-state index in [0.717, 1.165) is 5.56 Å². The number of benzene rings is 1. The van der Waals surface area contributed by atoms with Gasteiger partial charge >= 0.3 is 0 Å². The number of rotatable bonds is 1. The summed E-state index contributed by atoms with van der Waals surface area (Å²) >= 11 is 11.8. The number of ether oxygens (including phenoxy) is 2. The molecule has 2 rings (SSSR count). The van der Waals surface area contributed by atoms with Crippen LogP contribution in [0.3, 0.4) is 0 Å². The molecule has 0 saturated carbocycles. The molecule has 1 aliphatic rings. The lowest BCUT2D eigenvalue weighted by Gasteiger charge is -2.11. The first kappa shape index (κ1) is 9.28. The van der Waals surface area contributed by atoms with Crippen LogP contribution in [0.25, 0.3) is 0 Å². The Balaban J connectivity index is 2.33. The predicted octanol–water partition coefficient (Wildman–Crippen LogP) is 3.04. The van der Waals surface area contributed by atoms with Crippen LogP contribution in [-0.2, 0) is 9.47 Å². The summed E-state index contributed by atoms with van der Waals surface area (Å²) in [4.78, 5) is 0. The van der Waals surface area contributed by atoms with E-state index >= 15 is 0 Å². The second kappa shape index (κ2) is 3.84. The minimum atomic E-state index is -0.355. The first-order chi connectivity index (χ1) is 6.29. The topological polar surface area (TPSA) is 18.5 Å². The SMILES string of the molecule is Clc1cccc(C2OCCO2)c1Cl. The van der Waals surface area contributed by atoms with Crippen molar-refractivity contribution in [3.05, 3.63) is 33.8 Å². The molecule has 2 nitrogen and oxygen atoms in total. The second-order valence-electron chi connectivity index (χ2n) is 2.72. The summed E-state index contributed by atoms with van der Waals surface area (Å²) in [5.74, 6) is 0. The van der Waals surface area contributed by atoms with Gasteiger partial charge in [-0.2, -0.15) is 0 Å². The average Bonchev–Trinajstić information content (AvgIpc) is 2.62. The van der Waals surface area contributed by atoms with Gasteiger partial charge in [-0.05, 0) is 6.07 Å². The molecule has 1 fully saturated rings. The van der Waals surface area contributed by atoms with Gasteiger partial charge in [-0.3, -0.25) is 0 Å². The first-order valence-corrected chi connectivity index (χ1v) is 4.72. The van der Waals surface area contributed by atoms with E-state index in [-0.39, 0.29) is 6.29 Å². The zero-order chi connectivity index (χ0) is 9.26. The Morgan fingerprint density at radius 3 is 2.54 bits per heavy atom. The quantitative estimate of drug-likeness (QED) is 0.722. The molecule has 1 heterocycles. The number of hydrogen-bond acceptors (Lipinski definition) is 2. The Labute approximate surface area is 86.4 Å². The molecular weight excluding hydrogens is 211 g/mol. The highest BCUT2D eigenvalue weighted by molar-refractivity contribution is 6.42. The summed E-state index contributed by atoms with van der Waals surface area (Å²) < 4.78 is 10.6. The maximum atomic E-state index is 5.98. The van der Waals surface area contributed by atoms with Crippen molar-refractivity contribution in [1.82, 2.24) is 0 Å². The molecule has 0 aromatic heterocycles. The van der Waals surface area contributed by atoms with Gasteiger partial charge in [-0.25, -0.2) is 0 Å². The van der Waals surface area contributed by atoms with E-state index in [4.69, 9.17) is 32.7 Å². The van der Waals surface area contributed by atoms with Crippen molar-refractivity contribution in [1.29, 1.82) is 0 Å². The highest BCUT2D eigenvalue weighted by Gasteiger charge is 2.21. The third-order valence-corrected chi connectivity index (χ3v) is 2.69. The first-order valence-electron chi connectivity index (χ1n) is 3.96. The molecule has 1 saturated heterocycles. The van der Waals surface area contributed by atoms with Crippen molar-refractivity contribution in [3.8, 4) is 0 Å². The fourth-order valence-corrected chi connectivity index (χ4v) is 1.64. The van der Waals surface area contributed by atoms with Gasteiger partial charge in [0.25, 0.3) is 0 Å². The molecule has 1 aliphatic heterocycles. The molecule has 0 radical (unpaired) electrons. The third-order valence-electron chi connectivity index (χ3n) is 1.86. The van der Waals surface area contributed by atoms with E-state index in [0.29, 0.717) is 23.3 Å². The molecule has 0 N–H and O–H groups in total. The molecule has 0 bridgehead atoms. The third kappa shape index (κ3) is 1.81. The van der Waals surface area contributed by atoms with E-state index in [2.05, 4.69) is 0 Å². The van der Waals surface area contributed by atoms with Gasteiger partial charge in [0.05, 0.1) is 23.3 Å². The molecule has 4 heteroatoms. The minimum absolute atomic E-state index is 0.355. The van der Waals surface area contributed by atoms with Crippen LogP contribution < -0.4 is 0 Å². The summed E-state index contributed by atoms with van der Waals surface area (Å²) in [5, 5.41) is 1.04. The molecule has 1 aromatic carbocycles. The van der Waals surface area contributed by atoms with Crippen LogP contribution in [0.1, 0.15) is 11.9 Å². The van der Waals surface area contributed by atoms with Crippen LogP contribution >= 0.6 is 23.2 Å². The van der Waals surface area contributed by atoms with Crippen LogP contribution in [0.15, 0.2) is 18.2 Å². The second-order valence-corrected chi connectivity index (χ2v) is 3.50. The largest absolute Gasteiger partial charge is 0.346 e. The van der Waals surface area contributed by atoms with Crippen molar-refractivity contribution in [2.45, 2.75) is 6.29 Å². The summed E-state index contributed by atoms with van der Waals surface area (Å²) in [6.45, 7) is 1.21. The van der Waals surface area contributed by atoms with Crippen molar-refractivity contribution in [3.63, 3.8) is 0 Å². The molecular formula is C9H8Cl2O2. The van der Waals surface area contributed by atoms with E-state index in [1.165, 1.54) is 0 Å². The Morgan fingerprint density at radius 2 is 1.85 bits per heavy atom. The molecule has 0 unspecified atom stereocenters. The maximum absolute atomic E-state index is 5.98. The summed E-state index contributed by atoms with van der Waals surface area (Å²) in [7, 11) is 0. The maximum Gasteiger partial charge on any atom is 0.185 e. The van der Waals surface area contributed by atoms with Gasteiger partial charge in [0.15, 0.2) is 6.29 Å². The van der Waals surface area contributed by atoms with Crippen LogP contribution in [-0.4, -0.2) is 13.2 Å². The summed E-state index contributed by atoms with van der Waals surface area (Å²) in [5.41, 5.74) is 0.798. The zero-order valence-electron chi connectivity index (χ0n) is 6.80. The van der Waals surface area contributed by atoms with Crippen LogP contribution in [0.4, 0.5) is 0 Å². The van der Waals surface area contributed by atoms with Crippen molar-refractivity contribution >= 4 is 23.2 Å². The van der Waals surface area contributed by atoms with Gasteiger partial charge in [-0.1, -0.05) is 35.3 Å². The van der Waals surface area contributed by atoms with E-state index < -0.39 is 0 Å². The van der Waals surface area contributed by atoms with Gasteiger partial charge < -0.3 is 9.47 Å². The normalized spacial score (nSPS) is 18.0. The summed E-state index contributed by atoms with van der Waals surface area (Å²) in [6.07, 6.45) is -0.355. The van der Waals surface area contributed by atoms with Crippen molar-refractivity contribution in [2.24, 2.45) is 0 Å². The van der Waals surface area contributed by atoms with Gasteiger partial charge in [0, 0.05) is 5.56 Å². The fourth-order valence-electron chi connectivity index (χ4n) is 1.24. The Kier molecular flexibility index (Phi) is 2.74. The van der Waals surface area contributed by atoms with E-state index in [9.17, 15) is 0 Å². The average molecular weight is 219 g/mol. The Bertz CT molecular complexity index is 308. The molecule has 0 atom stereocenters. The van der Waals surface area contributed by atoms with Crippen LogP contribution in [0, 0.1) is 0 Å². The predicted molar refractivity (Wildman–Crippen MR) is 51.1 cm³/mol. The standard InChI is InChI=1S/C9H8Cl2O2/c10-7-3-1-2-6(8(7)11)9-12-4-5-13-9/h1-3,9H,4-5H2. The molecule has 0 spiro atoms. The van der Waals surface area contributed by atoms with E-state index in [1.54, 1.807) is 6.07 Å². The smallest absolute Gasteiger partial charge is 0.185 e. The highest BCUT2D eigenvalue weighted by Crippen LogP contribution is 2.33. The summed E-state index contributed by atoms with van der Waals surface area (Å²) in [6, 6.07) is 5.42. The molecule has 0 amide bonds. The monoisotopic (exact) mass is 218 g/mol. The lowest BCUT2D eigenvalue weighted by Crippen LogP contribution is -1.98. The Morgan fingerprint density at radius 1 is 1.15 bits per heavy atom. The van der Waals surface area contributed by atoms with Gasteiger partial charge in [0.2, 0.25) is 0 Å². The molecule has 0 aliphatic carbocycles.